The van der Waals surface area contributed by atoms with E-state index >= 15 is 0 Å². The second kappa shape index (κ2) is 5.62. The smallest absolute Gasteiger partial charge is 0.337 e. The van der Waals surface area contributed by atoms with E-state index in [4.69, 9.17) is 0 Å². The standard InChI is InChI=1S/C15H14N2O4/c1-9-7-8-11(15(18)19)14(10(9)2)16-12-5-3-4-6-13(12)17(20)21/h3-8,16H,1-2H3,(H,18,19). The molecule has 2 aromatic carbocycles. The van der Waals surface area contributed by atoms with Crippen molar-refractivity contribution in [3.63, 3.8) is 0 Å². The lowest BCUT2D eigenvalue weighted by Gasteiger charge is -2.14. The van der Waals surface area contributed by atoms with E-state index in [0.29, 0.717) is 5.69 Å². The molecule has 0 unspecified atom stereocenters. The number of benzene rings is 2. The molecule has 0 saturated carbocycles. The molecule has 0 saturated heterocycles. The minimum absolute atomic E-state index is 0.0799. The van der Waals surface area contributed by atoms with Crippen molar-refractivity contribution in [2.45, 2.75) is 13.8 Å². The number of nitro groups is 1. The van der Waals surface area contributed by atoms with Crippen molar-refractivity contribution in [3.8, 4) is 0 Å². The number of nitrogens with zero attached hydrogens (tertiary/aromatic N) is 1. The van der Waals surface area contributed by atoms with Crippen molar-refractivity contribution in [2.24, 2.45) is 0 Å². The van der Waals surface area contributed by atoms with Gasteiger partial charge in [0.15, 0.2) is 0 Å². The molecule has 6 nitrogen and oxygen atoms in total. The lowest BCUT2D eigenvalue weighted by Crippen LogP contribution is -2.06. The molecule has 0 bridgehead atoms. The van der Waals surface area contributed by atoms with Crippen molar-refractivity contribution >= 4 is 23.0 Å². The number of aromatic carboxylic acids is 1. The summed E-state index contributed by atoms with van der Waals surface area (Å²) < 4.78 is 0. The van der Waals surface area contributed by atoms with Crippen LogP contribution in [0.3, 0.4) is 0 Å². The zero-order valence-corrected chi connectivity index (χ0v) is 11.6. The van der Waals surface area contributed by atoms with Crippen LogP contribution in [0.25, 0.3) is 0 Å². The molecule has 2 rings (SSSR count). The number of hydrogen-bond acceptors (Lipinski definition) is 4. The van der Waals surface area contributed by atoms with E-state index in [2.05, 4.69) is 5.32 Å². The van der Waals surface area contributed by atoms with Gasteiger partial charge in [-0.05, 0) is 37.1 Å². The fraction of sp³-hybridized carbons (Fsp3) is 0.133. The average molecular weight is 286 g/mol. The van der Waals surface area contributed by atoms with Crippen LogP contribution in [-0.4, -0.2) is 16.0 Å². The van der Waals surface area contributed by atoms with Crippen LogP contribution in [0.1, 0.15) is 21.5 Å². The zero-order valence-electron chi connectivity index (χ0n) is 11.6. The number of hydrogen-bond donors (Lipinski definition) is 2. The fourth-order valence-electron chi connectivity index (χ4n) is 2.03. The highest BCUT2D eigenvalue weighted by Gasteiger charge is 2.18. The van der Waals surface area contributed by atoms with Crippen LogP contribution >= 0.6 is 0 Å². The maximum atomic E-state index is 11.3. The first-order chi connectivity index (χ1) is 9.91. The minimum Gasteiger partial charge on any atom is -0.478 e. The predicted octanol–water partition coefficient (Wildman–Crippen LogP) is 3.65. The normalized spacial score (nSPS) is 10.2. The topological polar surface area (TPSA) is 92.5 Å². The zero-order chi connectivity index (χ0) is 15.6. The van der Waals surface area contributed by atoms with Crippen molar-refractivity contribution < 1.29 is 14.8 Å². The van der Waals surface area contributed by atoms with E-state index in [1.807, 2.05) is 6.92 Å². The first kappa shape index (κ1) is 14.5. The Morgan fingerprint density at radius 3 is 2.48 bits per heavy atom. The highest BCUT2D eigenvalue weighted by Crippen LogP contribution is 2.32. The Balaban J connectivity index is 2.57. The van der Waals surface area contributed by atoms with Gasteiger partial charge in [-0.25, -0.2) is 4.79 Å². The molecule has 0 aliphatic carbocycles. The number of carbonyl (C=O) groups is 1. The number of para-hydroxylation sites is 2. The Labute approximate surface area is 121 Å². The van der Waals surface area contributed by atoms with Gasteiger partial charge in [0.2, 0.25) is 0 Å². The molecule has 108 valence electrons. The first-order valence-electron chi connectivity index (χ1n) is 6.25. The van der Waals surface area contributed by atoms with E-state index < -0.39 is 10.9 Å². The molecule has 0 amide bonds. The number of nitrogens with one attached hydrogen (secondary N) is 1. The third-order valence-electron chi connectivity index (χ3n) is 3.33. The van der Waals surface area contributed by atoms with Crippen molar-refractivity contribution in [2.75, 3.05) is 5.32 Å². The predicted molar refractivity (Wildman–Crippen MR) is 79.3 cm³/mol. The van der Waals surface area contributed by atoms with Gasteiger partial charge in [-0.15, -0.1) is 0 Å². The lowest BCUT2D eigenvalue weighted by molar-refractivity contribution is -0.383. The number of aryl methyl sites for hydroxylation is 1. The summed E-state index contributed by atoms with van der Waals surface area (Å²) in [6.45, 7) is 3.63. The van der Waals surface area contributed by atoms with Gasteiger partial charge in [-0.3, -0.25) is 10.1 Å². The average Bonchev–Trinajstić information content (AvgIpc) is 2.44. The van der Waals surface area contributed by atoms with E-state index in [-0.39, 0.29) is 16.9 Å². The highest BCUT2D eigenvalue weighted by molar-refractivity contribution is 5.96. The number of rotatable bonds is 4. The van der Waals surface area contributed by atoms with E-state index in [9.17, 15) is 20.0 Å². The van der Waals surface area contributed by atoms with Crippen LogP contribution in [0.5, 0.6) is 0 Å². The van der Waals surface area contributed by atoms with Crippen LogP contribution < -0.4 is 5.32 Å². The first-order valence-corrected chi connectivity index (χ1v) is 6.25. The summed E-state index contributed by atoms with van der Waals surface area (Å²) in [6.07, 6.45) is 0. The molecule has 0 fully saturated rings. The van der Waals surface area contributed by atoms with E-state index in [1.54, 1.807) is 31.2 Å². The van der Waals surface area contributed by atoms with Crippen LogP contribution in [0.15, 0.2) is 36.4 Å². The lowest BCUT2D eigenvalue weighted by atomic mass is 10.0. The molecule has 0 heterocycles. The molecule has 2 N–H and O–H groups in total. The summed E-state index contributed by atoms with van der Waals surface area (Å²) in [5, 5.41) is 23.2. The van der Waals surface area contributed by atoms with Crippen LogP contribution in [0.2, 0.25) is 0 Å². The van der Waals surface area contributed by atoms with E-state index in [0.717, 1.165) is 11.1 Å². The van der Waals surface area contributed by atoms with Gasteiger partial charge in [0.05, 0.1) is 16.2 Å². The van der Waals surface area contributed by atoms with Crippen molar-refractivity contribution in [3.05, 3.63) is 63.2 Å². The summed E-state index contributed by atoms with van der Waals surface area (Å²) in [5.41, 5.74) is 2.26. The third kappa shape index (κ3) is 2.84. The Kier molecular flexibility index (Phi) is 3.89. The maximum Gasteiger partial charge on any atom is 0.337 e. The molecule has 6 heteroatoms. The molecule has 0 aliphatic rings. The number of carboxylic acids is 1. The molecule has 0 aliphatic heterocycles. The van der Waals surface area contributed by atoms with Crippen LogP contribution in [0.4, 0.5) is 17.1 Å². The van der Waals surface area contributed by atoms with Crippen LogP contribution in [0, 0.1) is 24.0 Å². The van der Waals surface area contributed by atoms with Gasteiger partial charge >= 0.3 is 5.97 Å². The van der Waals surface area contributed by atoms with Gasteiger partial charge in [0.25, 0.3) is 5.69 Å². The number of carboxylic acid groups (broad SMARTS) is 1. The Morgan fingerprint density at radius 2 is 1.86 bits per heavy atom. The second-order valence-corrected chi connectivity index (χ2v) is 4.63. The molecular formula is C15H14N2O4. The molecule has 2 aromatic rings. The summed E-state index contributed by atoms with van der Waals surface area (Å²) in [6, 6.07) is 9.33. The van der Waals surface area contributed by atoms with Crippen molar-refractivity contribution in [1.29, 1.82) is 0 Å². The summed E-state index contributed by atoms with van der Waals surface area (Å²) >= 11 is 0. The van der Waals surface area contributed by atoms with Crippen LogP contribution in [-0.2, 0) is 0 Å². The molecular weight excluding hydrogens is 272 g/mol. The second-order valence-electron chi connectivity index (χ2n) is 4.63. The van der Waals surface area contributed by atoms with Gasteiger partial charge in [0.1, 0.15) is 5.69 Å². The fourth-order valence-corrected chi connectivity index (χ4v) is 2.03. The summed E-state index contributed by atoms with van der Waals surface area (Å²) in [7, 11) is 0. The van der Waals surface area contributed by atoms with Crippen molar-refractivity contribution in [1.82, 2.24) is 0 Å². The minimum atomic E-state index is -1.08. The highest BCUT2D eigenvalue weighted by atomic mass is 16.6. The molecule has 21 heavy (non-hydrogen) atoms. The Hall–Kier alpha value is -2.89. The summed E-state index contributed by atoms with van der Waals surface area (Å²) in [5.74, 6) is -1.08. The summed E-state index contributed by atoms with van der Waals surface area (Å²) in [4.78, 5) is 21.8. The third-order valence-corrected chi connectivity index (χ3v) is 3.33. The van der Waals surface area contributed by atoms with Gasteiger partial charge in [0, 0.05) is 6.07 Å². The number of nitro benzene ring substituents is 1. The Bertz CT molecular complexity index is 726. The van der Waals surface area contributed by atoms with Gasteiger partial charge < -0.3 is 10.4 Å². The maximum absolute atomic E-state index is 11.3. The molecule has 0 atom stereocenters. The molecule has 0 radical (unpaired) electrons. The van der Waals surface area contributed by atoms with Gasteiger partial charge in [-0.2, -0.15) is 0 Å². The van der Waals surface area contributed by atoms with E-state index in [1.165, 1.54) is 12.1 Å². The van der Waals surface area contributed by atoms with Gasteiger partial charge in [-0.1, -0.05) is 18.2 Å². The molecule has 0 spiro atoms. The Morgan fingerprint density at radius 1 is 1.19 bits per heavy atom. The monoisotopic (exact) mass is 286 g/mol. The largest absolute Gasteiger partial charge is 0.478 e. The quantitative estimate of drug-likeness (QED) is 0.661. The SMILES string of the molecule is Cc1ccc(C(=O)O)c(Nc2ccccc2[N+](=O)[O-])c1C. The number of anilines is 2. The molecule has 0 aromatic heterocycles.